The van der Waals surface area contributed by atoms with Gasteiger partial charge in [0.1, 0.15) is 5.76 Å². The Balaban J connectivity index is 1.80. The smallest absolute Gasteiger partial charge is 0.223 e. The lowest BCUT2D eigenvalue weighted by Gasteiger charge is -2.21. The number of aromatic nitrogens is 3. The fraction of sp³-hybridized carbons (Fsp3) is 0.615. The van der Waals surface area contributed by atoms with Gasteiger partial charge in [-0.25, -0.2) is 0 Å². The van der Waals surface area contributed by atoms with E-state index in [4.69, 9.17) is 9.05 Å². The Bertz CT molecular complexity index is 555. The van der Waals surface area contributed by atoms with E-state index < -0.39 is 0 Å². The summed E-state index contributed by atoms with van der Waals surface area (Å²) < 4.78 is 10.3. The predicted molar refractivity (Wildman–Crippen MR) is 67.4 cm³/mol. The van der Waals surface area contributed by atoms with Crippen LogP contribution in [0.5, 0.6) is 0 Å². The molecule has 0 aromatic carbocycles. The highest BCUT2D eigenvalue weighted by molar-refractivity contribution is 5.21. The molecular weight excluding hydrogens is 244 g/mol. The van der Waals surface area contributed by atoms with Crippen molar-refractivity contribution in [1.82, 2.24) is 20.2 Å². The Labute approximate surface area is 111 Å². The third kappa shape index (κ3) is 2.28. The monoisotopic (exact) mass is 262 g/mol. The topological polar surface area (TPSA) is 68.2 Å². The van der Waals surface area contributed by atoms with E-state index >= 15 is 0 Å². The summed E-state index contributed by atoms with van der Waals surface area (Å²) >= 11 is 0. The van der Waals surface area contributed by atoms with Gasteiger partial charge in [-0.2, -0.15) is 4.98 Å². The highest BCUT2D eigenvalue weighted by Gasteiger charge is 2.30. The molecule has 1 atom stereocenters. The summed E-state index contributed by atoms with van der Waals surface area (Å²) in [5, 5.41) is 8.06. The van der Waals surface area contributed by atoms with E-state index in [9.17, 15) is 0 Å². The quantitative estimate of drug-likeness (QED) is 0.845. The molecule has 0 aliphatic carbocycles. The molecule has 3 rings (SSSR count). The van der Waals surface area contributed by atoms with Gasteiger partial charge in [0, 0.05) is 19.0 Å². The molecule has 6 nitrogen and oxygen atoms in total. The van der Waals surface area contributed by atoms with Gasteiger partial charge in [-0.15, -0.1) is 0 Å². The van der Waals surface area contributed by atoms with Crippen molar-refractivity contribution in [3.05, 3.63) is 28.7 Å². The maximum atomic E-state index is 5.22. The first kappa shape index (κ1) is 12.3. The Hall–Kier alpha value is -1.69. The van der Waals surface area contributed by atoms with Gasteiger partial charge in [0.15, 0.2) is 5.82 Å². The molecule has 3 heterocycles. The summed E-state index contributed by atoms with van der Waals surface area (Å²) in [5.41, 5.74) is 2.14. The maximum Gasteiger partial charge on any atom is 0.223 e. The van der Waals surface area contributed by atoms with Crippen LogP contribution in [-0.2, 0) is 6.54 Å². The van der Waals surface area contributed by atoms with Crippen LogP contribution in [0, 0.1) is 20.8 Å². The summed E-state index contributed by atoms with van der Waals surface area (Å²) in [5.74, 6) is 2.31. The van der Waals surface area contributed by atoms with Gasteiger partial charge in [0.25, 0.3) is 0 Å². The molecule has 1 fully saturated rings. The van der Waals surface area contributed by atoms with E-state index in [1.807, 2.05) is 20.8 Å². The minimum absolute atomic E-state index is 0.242. The molecule has 102 valence electrons. The molecule has 1 aliphatic heterocycles. The van der Waals surface area contributed by atoms with Gasteiger partial charge in [0.2, 0.25) is 5.89 Å². The lowest BCUT2D eigenvalue weighted by Crippen LogP contribution is -2.24. The van der Waals surface area contributed by atoms with E-state index in [0.29, 0.717) is 5.89 Å². The van der Waals surface area contributed by atoms with Crippen LogP contribution in [0.1, 0.15) is 47.6 Å². The van der Waals surface area contributed by atoms with Crippen LogP contribution in [0.2, 0.25) is 0 Å². The van der Waals surface area contributed by atoms with Crippen molar-refractivity contribution in [3.63, 3.8) is 0 Å². The molecule has 1 aliphatic rings. The van der Waals surface area contributed by atoms with Gasteiger partial charge in [-0.1, -0.05) is 10.3 Å². The summed E-state index contributed by atoms with van der Waals surface area (Å²) in [6.07, 6.45) is 2.23. The van der Waals surface area contributed by atoms with Crippen molar-refractivity contribution in [3.8, 4) is 0 Å². The highest BCUT2D eigenvalue weighted by atomic mass is 16.5. The van der Waals surface area contributed by atoms with E-state index in [-0.39, 0.29) is 6.04 Å². The van der Waals surface area contributed by atoms with Crippen LogP contribution in [0.25, 0.3) is 0 Å². The molecule has 0 amide bonds. The van der Waals surface area contributed by atoms with E-state index in [1.165, 1.54) is 5.56 Å². The zero-order chi connectivity index (χ0) is 13.4. The van der Waals surface area contributed by atoms with Crippen LogP contribution in [0.4, 0.5) is 0 Å². The first-order valence-electron chi connectivity index (χ1n) is 6.61. The molecule has 0 N–H and O–H groups in total. The number of likely N-dealkylation sites (tertiary alicyclic amines) is 1. The van der Waals surface area contributed by atoms with E-state index in [2.05, 4.69) is 20.2 Å². The fourth-order valence-corrected chi connectivity index (χ4v) is 2.69. The Kier molecular flexibility index (Phi) is 3.10. The molecule has 2 aromatic heterocycles. The molecule has 2 aromatic rings. The molecule has 0 saturated carbocycles. The Morgan fingerprint density at radius 3 is 2.68 bits per heavy atom. The molecule has 0 spiro atoms. The molecule has 19 heavy (non-hydrogen) atoms. The van der Waals surface area contributed by atoms with Gasteiger partial charge in [-0.05, 0) is 33.2 Å². The summed E-state index contributed by atoms with van der Waals surface area (Å²) in [6.45, 7) is 7.64. The van der Waals surface area contributed by atoms with Crippen LogP contribution in [-0.4, -0.2) is 26.7 Å². The number of nitrogens with zero attached hydrogens (tertiary/aromatic N) is 4. The zero-order valence-electron chi connectivity index (χ0n) is 11.5. The maximum absolute atomic E-state index is 5.22. The minimum Gasteiger partial charge on any atom is -0.361 e. The second-order valence-electron chi connectivity index (χ2n) is 5.10. The van der Waals surface area contributed by atoms with E-state index in [0.717, 1.165) is 43.2 Å². The SMILES string of the molecule is Cc1nc([C@@H]2CCCN2Cc2c(C)noc2C)no1. The van der Waals surface area contributed by atoms with Crippen LogP contribution < -0.4 is 0 Å². The van der Waals surface area contributed by atoms with Crippen LogP contribution in [0.3, 0.4) is 0 Å². The first-order valence-corrected chi connectivity index (χ1v) is 6.61. The Morgan fingerprint density at radius 1 is 1.21 bits per heavy atom. The number of hydrogen-bond acceptors (Lipinski definition) is 6. The standard InChI is InChI=1S/C13H18N4O2/c1-8-11(9(2)18-15-8)7-17-6-4-5-12(17)13-14-10(3)19-16-13/h12H,4-7H2,1-3H3/t12-/m0/s1. The largest absolute Gasteiger partial charge is 0.361 e. The average Bonchev–Trinajstić information content (AvgIpc) is 3.06. The van der Waals surface area contributed by atoms with Gasteiger partial charge in [-0.3, -0.25) is 4.90 Å². The third-order valence-electron chi connectivity index (χ3n) is 3.75. The minimum atomic E-state index is 0.242. The molecule has 1 saturated heterocycles. The number of aryl methyl sites for hydroxylation is 3. The van der Waals surface area contributed by atoms with E-state index in [1.54, 1.807) is 0 Å². The molecular formula is C13H18N4O2. The summed E-state index contributed by atoms with van der Waals surface area (Å²) in [7, 11) is 0. The summed E-state index contributed by atoms with van der Waals surface area (Å²) in [4.78, 5) is 6.73. The second-order valence-corrected chi connectivity index (χ2v) is 5.10. The third-order valence-corrected chi connectivity index (χ3v) is 3.75. The number of rotatable bonds is 3. The average molecular weight is 262 g/mol. The molecule has 0 unspecified atom stereocenters. The highest BCUT2D eigenvalue weighted by Crippen LogP contribution is 2.32. The Morgan fingerprint density at radius 2 is 2.05 bits per heavy atom. The predicted octanol–water partition coefficient (Wildman–Crippen LogP) is 2.32. The molecule has 0 bridgehead atoms. The van der Waals surface area contributed by atoms with Crippen molar-refractivity contribution >= 4 is 0 Å². The zero-order valence-corrected chi connectivity index (χ0v) is 11.5. The second kappa shape index (κ2) is 4.77. The van der Waals surface area contributed by atoms with Crippen LogP contribution in [0.15, 0.2) is 9.05 Å². The first-order chi connectivity index (χ1) is 9.15. The van der Waals surface area contributed by atoms with Gasteiger partial charge < -0.3 is 9.05 Å². The van der Waals surface area contributed by atoms with Crippen molar-refractivity contribution < 1.29 is 9.05 Å². The van der Waals surface area contributed by atoms with Crippen molar-refractivity contribution in [1.29, 1.82) is 0 Å². The van der Waals surface area contributed by atoms with Crippen molar-refractivity contribution in [2.45, 2.75) is 46.2 Å². The fourth-order valence-electron chi connectivity index (χ4n) is 2.69. The van der Waals surface area contributed by atoms with Crippen molar-refractivity contribution in [2.75, 3.05) is 6.54 Å². The van der Waals surface area contributed by atoms with Crippen molar-refractivity contribution in [2.24, 2.45) is 0 Å². The normalized spacial score (nSPS) is 20.3. The van der Waals surface area contributed by atoms with Gasteiger partial charge >= 0.3 is 0 Å². The lowest BCUT2D eigenvalue weighted by atomic mass is 10.1. The van der Waals surface area contributed by atoms with Gasteiger partial charge in [0.05, 0.1) is 11.7 Å². The number of hydrogen-bond donors (Lipinski definition) is 0. The molecule has 6 heteroatoms. The summed E-state index contributed by atoms with van der Waals surface area (Å²) in [6, 6.07) is 0.242. The molecule has 0 radical (unpaired) electrons. The van der Waals surface area contributed by atoms with Crippen LogP contribution >= 0.6 is 0 Å². The lowest BCUT2D eigenvalue weighted by molar-refractivity contribution is 0.232.